The number of carbonyl (C=O) groups excluding carboxylic acids is 1. The Morgan fingerprint density at radius 3 is 2.46 bits per heavy atom. The fourth-order valence-electron chi connectivity index (χ4n) is 2.33. The van der Waals surface area contributed by atoms with Gasteiger partial charge in [-0.15, -0.1) is 0 Å². The molecule has 9 heteroatoms. The molecule has 0 fully saturated rings. The molecule has 0 spiro atoms. The zero-order valence-electron chi connectivity index (χ0n) is 13.8. The summed E-state index contributed by atoms with van der Waals surface area (Å²) in [6.07, 6.45) is 0. The zero-order chi connectivity index (χ0) is 19.1. The smallest absolute Gasteiger partial charge is 0.300 e. The van der Waals surface area contributed by atoms with Gasteiger partial charge in [-0.1, -0.05) is 23.2 Å². The molecular weight excluding hydrogens is 399 g/mol. The summed E-state index contributed by atoms with van der Waals surface area (Å²) < 4.78 is 32.2. The van der Waals surface area contributed by atoms with Gasteiger partial charge in [0.05, 0.1) is 5.02 Å². The third kappa shape index (κ3) is 3.65. The number of nitrogens with one attached hydrogen (secondary N) is 1. The maximum atomic E-state index is 12.4. The van der Waals surface area contributed by atoms with Crippen molar-refractivity contribution in [1.82, 2.24) is 4.72 Å². The van der Waals surface area contributed by atoms with E-state index in [-0.39, 0.29) is 20.7 Å². The topological polar surface area (TPSA) is 79.6 Å². The maximum Gasteiger partial charge on any atom is 0.300 e. The van der Waals surface area contributed by atoms with Crippen LogP contribution in [0, 0.1) is 0 Å². The number of nitrogens with zero attached hydrogens (tertiary/aromatic N) is 1. The lowest BCUT2D eigenvalue weighted by Crippen LogP contribution is -2.30. The predicted octanol–water partition coefficient (Wildman–Crippen LogP) is 3.92. The third-order valence-corrected chi connectivity index (χ3v) is 5.70. The van der Waals surface area contributed by atoms with Crippen LogP contribution in [-0.4, -0.2) is 28.4 Å². The second kappa shape index (κ2) is 6.83. The molecule has 0 saturated carbocycles. The SMILES string of the molecule is CN(C)c1ccc2cc(C(=O)NS(=O)(=O)c3ccc(Cl)cc3Cl)oc2c1. The van der Waals surface area contributed by atoms with Crippen molar-refractivity contribution in [3.8, 4) is 0 Å². The van der Waals surface area contributed by atoms with Crippen molar-refractivity contribution in [2.45, 2.75) is 4.90 Å². The van der Waals surface area contributed by atoms with Gasteiger partial charge in [-0.25, -0.2) is 13.1 Å². The summed E-state index contributed by atoms with van der Waals surface area (Å²) in [5, 5.41) is 0.884. The van der Waals surface area contributed by atoms with Crippen LogP contribution in [0.1, 0.15) is 10.6 Å². The number of anilines is 1. The van der Waals surface area contributed by atoms with Gasteiger partial charge in [-0.2, -0.15) is 0 Å². The normalized spacial score (nSPS) is 11.5. The van der Waals surface area contributed by atoms with E-state index in [9.17, 15) is 13.2 Å². The summed E-state index contributed by atoms with van der Waals surface area (Å²) in [4.78, 5) is 14.0. The first kappa shape index (κ1) is 18.6. The van der Waals surface area contributed by atoms with E-state index >= 15 is 0 Å². The lowest BCUT2D eigenvalue weighted by atomic mass is 10.2. The Labute approximate surface area is 160 Å². The van der Waals surface area contributed by atoms with E-state index in [1.807, 2.05) is 29.8 Å². The summed E-state index contributed by atoms with van der Waals surface area (Å²) >= 11 is 11.7. The number of fused-ring (bicyclic) bond motifs is 1. The second-order valence-electron chi connectivity index (χ2n) is 5.74. The van der Waals surface area contributed by atoms with Gasteiger partial charge in [0, 0.05) is 36.3 Å². The molecule has 0 aliphatic carbocycles. The number of benzene rings is 2. The number of rotatable bonds is 4. The van der Waals surface area contributed by atoms with Crippen LogP contribution < -0.4 is 9.62 Å². The summed E-state index contributed by atoms with van der Waals surface area (Å²) in [7, 11) is -0.422. The average Bonchev–Trinajstić information content (AvgIpc) is 2.97. The summed E-state index contributed by atoms with van der Waals surface area (Å²) in [6.45, 7) is 0. The van der Waals surface area contributed by atoms with Crippen LogP contribution in [0.4, 0.5) is 5.69 Å². The van der Waals surface area contributed by atoms with Crippen LogP contribution in [0.15, 0.2) is 51.8 Å². The van der Waals surface area contributed by atoms with Gasteiger partial charge in [0.25, 0.3) is 10.0 Å². The van der Waals surface area contributed by atoms with Gasteiger partial charge < -0.3 is 9.32 Å². The molecule has 1 heterocycles. The van der Waals surface area contributed by atoms with E-state index in [1.165, 1.54) is 24.3 Å². The fraction of sp³-hybridized carbons (Fsp3) is 0.118. The molecule has 1 aromatic heterocycles. The minimum Gasteiger partial charge on any atom is -0.451 e. The molecule has 1 amide bonds. The van der Waals surface area contributed by atoms with Crippen LogP contribution in [0.25, 0.3) is 11.0 Å². The fourth-order valence-corrected chi connectivity index (χ4v) is 4.06. The largest absolute Gasteiger partial charge is 0.451 e. The Bertz CT molecular complexity index is 1110. The highest BCUT2D eigenvalue weighted by Gasteiger charge is 2.23. The first-order valence-corrected chi connectivity index (χ1v) is 9.64. The van der Waals surface area contributed by atoms with E-state index in [0.717, 1.165) is 5.69 Å². The lowest BCUT2D eigenvalue weighted by molar-refractivity contribution is 0.0956. The van der Waals surface area contributed by atoms with Crippen molar-refractivity contribution in [3.63, 3.8) is 0 Å². The monoisotopic (exact) mass is 412 g/mol. The van der Waals surface area contributed by atoms with Crippen molar-refractivity contribution in [3.05, 3.63) is 58.3 Å². The Hall–Kier alpha value is -2.22. The zero-order valence-corrected chi connectivity index (χ0v) is 16.1. The van der Waals surface area contributed by atoms with E-state index in [1.54, 1.807) is 12.1 Å². The highest BCUT2D eigenvalue weighted by atomic mass is 35.5. The van der Waals surface area contributed by atoms with Crippen molar-refractivity contribution < 1.29 is 17.6 Å². The molecular formula is C17H14Cl2N2O4S. The molecule has 136 valence electrons. The van der Waals surface area contributed by atoms with Gasteiger partial charge in [0.15, 0.2) is 5.76 Å². The summed E-state index contributed by atoms with van der Waals surface area (Å²) in [6, 6.07) is 10.8. The quantitative estimate of drug-likeness (QED) is 0.701. The molecule has 0 atom stereocenters. The predicted molar refractivity (Wildman–Crippen MR) is 102 cm³/mol. The number of halogens is 2. The Kier molecular flexibility index (Phi) is 4.88. The molecule has 3 rings (SSSR count). The highest BCUT2D eigenvalue weighted by Crippen LogP contribution is 2.26. The van der Waals surface area contributed by atoms with Gasteiger partial charge in [-0.3, -0.25) is 4.79 Å². The van der Waals surface area contributed by atoms with Crippen LogP contribution >= 0.6 is 23.2 Å². The Morgan fingerprint density at radius 2 is 1.81 bits per heavy atom. The van der Waals surface area contributed by atoms with Crippen LogP contribution in [0.2, 0.25) is 10.0 Å². The molecule has 26 heavy (non-hydrogen) atoms. The number of furan rings is 1. The van der Waals surface area contributed by atoms with E-state index in [2.05, 4.69) is 0 Å². The van der Waals surface area contributed by atoms with Crippen molar-refractivity contribution in [1.29, 1.82) is 0 Å². The van der Waals surface area contributed by atoms with Crippen LogP contribution in [-0.2, 0) is 10.0 Å². The van der Waals surface area contributed by atoms with E-state index < -0.39 is 15.9 Å². The van der Waals surface area contributed by atoms with Gasteiger partial charge in [-0.05, 0) is 36.4 Å². The van der Waals surface area contributed by atoms with Crippen molar-refractivity contribution in [2.75, 3.05) is 19.0 Å². The lowest BCUT2D eigenvalue weighted by Gasteiger charge is -2.11. The molecule has 0 unspecified atom stereocenters. The molecule has 6 nitrogen and oxygen atoms in total. The van der Waals surface area contributed by atoms with Crippen molar-refractivity contribution >= 4 is 55.8 Å². The average molecular weight is 413 g/mol. The minimum absolute atomic E-state index is 0.0852. The molecule has 0 aliphatic heterocycles. The molecule has 1 N–H and O–H groups in total. The number of amides is 1. The Balaban J connectivity index is 1.90. The summed E-state index contributed by atoms with van der Waals surface area (Å²) in [5.74, 6) is -1.01. The van der Waals surface area contributed by atoms with Crippen LogP contribution in [0.3, 0.4) is 0 Å². The van der Waals surface area contributed by atoms with Gasteiger partial charge >= 0.3 is 5.91 Å². The maximum absolute atomic E-state index is 12.4. The first-order valence-electron chi connectivity index (χ1n) is 7.40. The number of hydrogen-bond donors (Lipinski definition) is 1. The third-order valence-electron chi connectivity index (χ3n) is 3.65. The van der Waals surface area contributed by atoms with Gasteiger partial charge in [0.1, 0.15) is 10.5 Å². The van der Waals surface area contributed by atoms with E-state index in [0.29, 0.717) is 11.0 Å². The molecule has 0 radical (unpaired) electrons. The second-order valence-corrected chi connectivity index (χ2v) is 8.23. The first-order chi connectivity index (χ1) is 12.2. The highest BCUT2D eigenvalue weighted by molar-refractivity contribution is 7.90. The van der Waals surface area contributed by atoms with Gasteiger partial charge in [0.2, 0.25) is 0 Å². The number of hydrogen-bond acceptors (Lipinski definition) is 5. The molecule has 2 aromatic carbocycles. The number of sulfonamides is 1. The molecule has 0 saturated heterocycles. The molecule has 0 aliphatic rings. The summed E-state index contributed by atoms with van der Waals surface area (Å²) in [5.41, 5.74) is 1.36. The van der Waals surface area contributed by atoms with Crippen LogP contribution in [0.5, 0.6) is 0 Å². The molecule has 0 bridgehead atoms. The molecule has 3 aromatic rings. The standard InChI is InChI=1S/C17H14Cl2N2O4S/c1-21(2)12-5-3-10-7-15(25-14(10)9-12)17(22)20-26(23,24)16-6-4-11(18)8-13(16)19/h3-9H,1-2H3,(H,20,22). The van der Waals surface area contributed by atoms with E-state index in [4.69, 9.17) is 27.6 Å². The number of carbonyl (C=O) groups is 1. The minimum atomic E-state index is -4.17. The van der Waals surface area contributed by atoms with Crippen molar-refractivity contribution in [2.24, 2.45) is 0 Å². The Morgan fingerprint density at radius 1 is 1.08 bits per heavy atom.